The molecular weight excluding hydrogens is 446 g/mol. The summed E-state index contributed by atoms with van der Waals surface area (Å²) in [4.78, 5) is 53.3. The topological polar surface area (TPSA) is 107 Å². The number of benzene rings is 2. The number of fused-ring (bicyclic) bond motifs is 1. The van der Waals surface area contributed by atoms with Gasteiger partial charge in [-0.15, -0.1) is 0 Å². The summed E-state index contributed by atoms with van der Waals surface area (Å²) in [5.41, 5.74) is 1.34. The van der Waals surface area contributed by atoms with Crippen LogP contribution in [0.1, 0.15) is 70.4 Å². The Hall–Kier alpha value is -3.36. The van der Waals surface area contributed by atoms with E-state index in [2.05, 4.69) is 34.5 Å². The summed E-state index contributed by atoms with van der Waals surface area (Å²) < 4.78 is 0. The fraction of sp³-hybridized carbons (Fsp3) is 0.407. The van der Waals surface area contributed by atoms with E-state index in [4.69, 9.17) is 0 Å². The highest BCUT2D eigenvalue weighted by atomic mass is 16.3. The molecule has 3 heterocycles. The molecule has 2 N–H and O–H groups in total. The highest BCUT2D eigenvalue weighted by Gasteiger charge is 2.52. The van der Waals surface area contributed by atoms with Crippen molar-refractivity contribution >= 4 is 23.6 Å². The number of hydrogen-bond acceptors (Lipinski definition) is 6. The molecule has 1 aliphatic carbocycles. The van der Waals surface area contributed by atoms with Gasteiger partial charge in [0.2, 0.25) is 11.8 Å². The Bertz CT molecular complexity index is 1240. The number of amides is 4. The number of imide groups is 2. The summed E-state index contributed by atoms with van der Waals surface area (Å²) in [5, 5.41) is 13.8. The van der Waals surface area contributed by atoms with E-state index in [0.29, 0.717) is 18.4 Å². The van der Waals surface area contributed by atoms with Crippen molar-refractivity contribution in [2.45, 2.75) is 55.7 Å². The van der Waals surface area contributed by atoms with Crippen molar-refractivity contribution in [3.05, 3.63) is 70.8 Å². The second-order valence-electron chi connectivity index (χ2n) is 10.1. The number of nitrogens with zero attached hydrogens (tertiary/aromatic N) is 2. The van der Waals surface area contributed by atoms with Gasteiger partial charge in [-0.1, -0.05) is 36.4 Å². The number of rotatable bonds is 4. The Morgan fingerprint density at radius 2 is 1.51 bits per heavy atom. The Morgan fingerprint density at radius 3 is 2.17 bits per heavy atom. The van der Waals surface area contributed by atoms with Crippen LogP contribution in [0.4, 0.5) is 0 Å². The first-order chi connectivity index (χ1) is 16.8. The number of aliphatic hydroxyl groups is 1. The fourth-order valence-corrected chi connectivity index (χ4v) is 6.01. The molecule has 2 saturated heterocycles. The molecule has 0 radical (unpaired) electrons. The lowest BCUT2D eigenvalue weighted by molar-refractivity contribution is -0.136. The van der Waals surface area contributed by atoms with Gasteiger partial charge in [-0.2, -0.15) is 0 Å². The van der Waals surface area contributed by atoms with Crippen LogP contribution in [0.15, 0.2) is 48.5 Å². The van der Waals surface area contributed by atoms with Gasteiger partial charge in [-0.3, -0.25) is 34.3 Å². The maximum Gasteiger partial charge on any atom is 0.262 e. The van der Waals surface area contributed by atoms with Crippen LogP contribution in [0.3, 0.4) is 0 Å². The van der Waals surface area contributed by atoms with Crippen LogP contribution < -0.4 is 5.32 Å². The largest absolute Gasteiger partial charge is 0.385 e. The molecule has 3 aliphatic heterocycles. The van der Waals surface area contributed by atoms with Gasteiger partial charge in [0, 0.05) is 25.0 Å². The van der Waals surface area contributed by atoms with E-state index in [9.17, 15) is 24.3 Å². The van der Waals surface area contributed by atoms with E-state index in [1.807, 2.05) is 6.07 Å². The lowest BCUT2D eigenvalue weighted by atomic mass is 9.82. The monoisotopic (exact) mass is 473 g/mol. The van der Waals surface area contributed by atoms with Crippen LogP contribution in [0, 0.1) is 0 Å². The summed E-state index contributed by atoms with van der Waals surface area (Å²) in [5.74, 6) is -2.12. The summed E-state index contributed by atoms with van der Waals surface area (Å²) >= 11 is 0. The zero-order valence-corrected chi connectivity index (χ0v) is 19.3. The normalized spacial score (nSPS) is 25.4. The molecular formula is C27H27N3O5. The molecule has 4 aliphatic rings. The minimum atomic E-state index is -1.09. The van der Waals surface area contributed by atoms with Gasteiger partial charge in [0.05, 0.1) is 16.7 Å². The molecule has 1 atom stereocenters. The van der Waals surface area contributed by atoms with Crippen LogP contribution in [0.2, 0.25) is 0 Å². The van der Waals surface area contributed by atoms with E-state index < -0.39 is 35.3 Å². The number of hydrogen-bond donors (Lipinski definition) is 2. The first-order valence-corrected chi connectivity index (χ1v) is 12.2. The summed E-state index contributed by atoms with van der Waals surface area (Å²) in [6.07, 6.45) is 3.47. The lowest BCUT2D eigenvalue weighted by Crippen LogP contribution is -2.54. The second kappa shape index (κ2) is 7.83. The van der Waals surface area contributed by atoms with Gasteiger partial charge in [-0.25, -0.2) is 0 Å². The molecule has 0 spiro atoms. The second-order valence-corrected chi connectivity index (χ2v) is 10.1. The quantitative estimate of drug-likeness (QED) is 0.659. The Balaban J connectivity index is 1.21. The molecule has 180 valence electrons. The molecule has 1 saturated carbocycles. The molecule has 8 heteroatoms. The van der Waals surface area contributed by atoms with Crippen molar-refractivity contribution in [3.63, 3.8) is 0 Å². The first kappa shape index (κ1) is 22.1. The van der Waals surface area contributed by atoms with Crippen molar-refractivity contribution < 1.29 is 24.3 Å². The number of carbonyl (C=O) groups is 4. The predicted molar refractivity (Wildman–Crippen MR) is 125 cm³/mol. The summed E-state index contributed by atoms with van der Waals surface area (Å²) in [6, 6.07) is 14.4. The highest BCUT2D eigenvalue weighted by Crippen LogP contribution is 2.53. The average Bonchev–Trinajstić information content (AvgIpc) is 3.64. The number of piperidine rings is 2. The van der Waals surface area contributed by atoms with Gasteiger partial charge in [0.25, 0.3) is 11.8 Å². The van der Waals surface area contributed by atoms with E-state index in [1.165, 1.54) is 5.56 Å². The van der Waals surface area contributed by atoms with Gasteiger partial charge in [-0.05, 0) is 55.4 Å². The van der Waals surface area contributed by atoms with Crippen LogP contribution in [0.5, 0.6) is 0 Å². The Kier molecular flexibility index (Phi) is 4.95. The highest BCUT2D eigenvalue weighted by molar-refractivity contribution is 6.23. The summed E-state index contributed by atoms with van der Waals surface area (Å²) in [7, 11) is 0. The Labute approximate surface area is 202 Å². The molecule has 8 nitrogen and oxygen atoms in total. The third kappa shape index (κ3) is 3.43. The first-order valence-electron chi connectivity index (χ1n) is 12.2. The molecule has 6 rings (SSSR count). The zero-order chi connectivity index (χ0) is 24.4. The molecule has 0 aromatic heterocycles. The smallest absolute Gasteiger partial charge is 0.262 e. The van der Waals surface area contributed by atoms with Crippen LogP contribution in [-0.4, -0.2) is 57.7 Å². The molecule has 1 unspecified atom stereocenters. The number of carbonyl (C=O) groups excluding carboxylic acids is 4. The lowest BCUT2D eigenvalue weighted by Gasteiger charge is -2.42. The van der Waals surface area contributed by atoms with Crippen LogP contribution >= 0.6 is 0 Å². The number of nitrogens with one attached hydrogen (secondary N) is 1. The van der Waals surface area contributed by atoms with Crippen molar-refractivity contribution in [1.82, 2.24) is 15.1 Å². The van der Waals surface area contributed by atoms with E-state index >= 15 is 0 Å². The average molecular weight is 474 g/mol. The molecule has 2 aromatic carbocycles. The summed E-state index contributed by atoms with van der Waals surface area (Å²) in [6.45, 7) is 1.47. The third-order valence-electron chi connectivity index (χ3n) is 8.21. The zero-order valence-electron chi connectivity index (χ0n) is 19.3. The van der Waals surface area contributed by atoms with Crippen molar-refractivity contribution in [2.75, 3.05) is 13.1 Å². The minimum Gasteiger partial charge on any atom is -0.385 e. The predicted octanol–water partition coefficient (Wildman–Crippen LogP) is 2.06. The SMILES string of the molecule is O=C1CCC(N2C(=O)c3ccc(C4(O)CCN(C5(c6ccccc6)CC5)CC4)cc3C2=O)C(=O)N1. The molecule has 35 heavy (non-hydrogen) atoms. The maximum absolute atomic E-state index is 13.2. The van der Waals surface area contributed by atoms with Crippen molar-refractivity contribution in [3.8, 4) is 0 Å². The standard InChI is InChI=1S/C27H27N3O5/c31-22-9-8-21(23(32)28-22)30-24(33)19-7-6-18(16-20(19)25(30)34)27(35)12-14-29(15-13-27)26(10-11-26)17-4-2-1-3-5-17/h1-7,16,21,35H,8-15H2,(H,28,31,32). The number of likely N-dealkylation sites (tertiary alicyclic amines) is 1. The van der Waals surface area contributed by atoms with Crippen LogP contribution in [-0.2, 0) is 20.7 Å². The molecule has 2 aromatic rings. The van der Waals surface area contributed by atoms with Gasteiger partial charge in [0.1, 0.15) is 6.04 Å². The minimum absolute atomic E-state index is 0.0609. The van der Waals surface area contributed by atoms with E-state index in [-0.39, 0.29) is 29.5 Å². The van der Waals surface area contributed by atoms with Crippen molar-refractivity contribution in [1.29, 1.82) is 0 Å². The van der Waals surface area contributed by atoms with Gasteiger partial charge >= 0.3 is 0 Å². The van der Waals surface area contributed by atoms with Crippen LogP contribution in [0.25, 0.3) is 0 Å². The van der Waals surface area contributed by atoms with Crippen molar-refractivity contribution in [2.24, 2.45) is 0 Å². The fourth-order valence-electron chi connectivity index (χ4n) is 6.01. The third-order valence-corrected chi connectivity index (χ3v) is 8.21. The van der Waals surface area contributed by atoms with E-state index in [0.717, 1.165) is 30.8 Å². The molecule has 3 fully saturated rings. The van der Waals surface area contributed by atoms with Gasteiger partial charge < -0.3 is 5.11 Å². The van der Waals surface area contributed by atoms with E-state index in [1.54, 1.807) is 18.2 Å². The molecule has 0 bridgehead atoms. The Morgan fingerprint density at radius 1 is 0.829 bits per heavy atom. The maximum atomic E-state index is 13.2. The van der Waals surface area contributed by atoms with Gasteiger partial charge in [0.15, 0.2) is 0 Å². The molecule has 4 amide bonds.